The number of likely N-dealkylation sites (tertiary alicyclic amines) is 1. The number of hydrogen-bond donors (Lipinski definition) is 3. The summed E-state index contributed by atoms with van der Waals surface area (Å²) >= 11 is 0. The fourth-order valence-corrected chi connectivity index (χ4v) is 3.83. The summed E-state index contributed by atoms with van der Waals surface area (Å²) in [6.45, 7) is 1.40. The number of aromatic amines is 1. The van der Waals surface area contributed by atoms with E-state index in [1.165, 1.54) is 0 Å². The summed E-state index contributed by atoms with van der Waals surface area (Å²) in [7, 11) is 3.15. The van der Waals surface area contributed by atoms with Gasteiger partial charge in [-0.25, -0.2) is 0 Å². The number of ether oxygens (including phenoxy) is 2. The maximum atomic E-state index is 12.9. The topological polar surface area (TPSA) is 95.0 Å². The van der Waals surface area contributed by atoms with Crippen molar-refractivity contribution in [3.8, 4) is 11.5 Å². The first-order valence-electron chi connectivity index (χ1n) is 8.87. The number of carbonyl (C=O) groups is 1. The van der Waals surface area contributed by atoms with Crippen molar-refractivity contribution in [1.82, 2.24) is 9.88 Å². The predicted octanol–water partition coefficient (Wildman–Crippen LogP) is 1.64. The van der Waals surface area contributed by atoms with Gasteiger partial charge in [0.1, 0.15) is 5.69 Å². The smallest absolute Gasteiger partial charge is 0.270 e. The molecule has 1 aliphatic heterocycles. The second-order valence-corrected chi connectivity index (χ2v) is 6.73. The van der Waals surface area contributed by atoms with Crippen LogP contribution < -0.4 is 9.47 Å². The third-order valence-corrected chi connectivity index (χ3v) is 5.22. The second-order valence-electron chi connectivity index (χ2n) is 6.73. The lowest BCUT2D eigenvalue weighted by Crippen LogP contribution is -2.29. The van der Waals surface area contributed by atoms with Crippen LogP contribution >= 0.6 is 0 Å². The second kappa shape index (κ2) is 7.97. The van der Waals surface area contributed by atoms with Gasteiger partial charge in [-0.15, -0.1) is 0 Å². The number of H-pyrrole nitrogens is 1. The maximum Gasteiger partial charge on any atom is 0.270 e. The molecule has 2 aromatic rings. The molecule has 1 amide bonds. The van der Waals surface area contributed by atoms with Gasteiger partial charge in [0.05, 0.1) is 14.2 Å². The lowest BCUT2D eigenvalue weighted by Gasteiger charge is -2.15. The van der Waals surface area contributed by atoms with Crippen LogP contribution in [-0.4, -0.2) is 66.5 Å². The molecule has 0 spiro atoms. The number of aliphatic hydroxyl groups excluding tert-OH is 2. The van der Waals surface area contributed by atoms with Gasteiger partial charge in [-0.2, -0.15) is 0 Å². The van der Waals surface area contributed by atoms with Crippen molar-refractivity contribution in [2.75, 3.05) is 40.5 Å². The summed E-state index contributed by atoms with van der Waals surface area (Å²) in [5, 5.41) is 19.4. The minimum absolute atomic E-state index is 0.0671. The van der Waals surface area contributed by atoms with Gasteiger partial charge in [-0.3, -0.25) is 4.79 Å². The van der Waals surface area contributed by atoms with Crippen LogP contribution in [0.4, 0.5) is 0 Å². The molecule has 2 atom stereocenters. The van der Waals surface area contributed by atoms with Crippen LogP contribution in [0.15, 0.2) is 18.2 Å². The predicted molar refractivity (Wildman–Crippen MR) is 97.7 cm³/mol. The summed E-state index contributed by atoms with van der Waals surface area (Å²) in [4.78, 5) is 17.9. The number of hydrogen-bond acceptors (Lipinski definition) is 5. The fraction of sp³-hybridized carbons (Fsp3) is 0.526. The van der Waals surface area contributed by atoms with Crippen LogP contribution in [0.5, 0.6) is 11.5 Å². The Kier molecular flexibility index (Phi) is 5.68. The van der Waals surface area contributed by atoms with Crippen LogP contribution in [0, 0.1) is 11.8 Å². The molecule has 7 heteroatoms. The van der Waals surface area contributed by atoms with Crippen LogP contribution in [0.2, 0.25) is 0 Å². The molecule has 0 unspecified atom stereocenters. The zero-order chi connectivity index (χ0) is 18.7. The van der Waals surface area contributed by atoms with E-state index in [1.54, 1.807) is 19.1 Å². The number of fused-ring (bicyclic) bond motifs is 1. The summed E-state index contributed by atoms with van der Waals surface area (Å²) in [6, 6.07) is 5.48. The molecule has 0 radical (unpaired) electrons. The number of aliphatic hydroxyl groups is 2. The van der Waals surface area contributed by atoms with E-state index in [2.05, 4.69) is 4.98 Å². The third-order valence-electron chi connectivity index (χ3n) is 5.22. The van der Waals surface area contributed by atoms with E-state index in [1.807, 2.05) is 18.2 Å². The van der Waals surface area contributed by atoms with Crippen molar-refractivity contribution in [2.24, 2.45) is 11.8 Å². The van der Waals surface area contributed by atoms with Crippen LogP contribution in [0.3, 0.4) is 0 Å². The quantitative estimate of drug-likeness (QED) is 0.696. The molecule has 1 saturated heterocycles. The Balaban J connectivity index is 1.83. The van der Waals surface area contributed by atoms with Gasteiger partial charge in [0.2, 0.25) is 0 Å². The van der Waals surface area contributed by atoms with Crippen molar-refractivity contribution >= 4 is 16.8 Å². The minimum Gasteiger partial charge on any atom is -0.493 e. The number of amides is 1. The summed E-state index contributed by atoms with van der Waals surface area (Å²) in [5.41, 5.74) is 1.33. The molecule has 1 aromatic carbocycles. The normalized spacial score (nSPS) is 19.9. The van der Waals surface area contributed by atoms with E-state index in [4.69, 9.17) is 9.47 Å². The minimum atomic E-state index is -0.0671. The monoisotopic (exact) mass is 362 g/mol. The van der Waals surface area contributed by atoms with Crippen molar-refractivity contribution in [3.05, 3.63) is 23.9 Å². The van der Waals surface area contributed by atoms with Crippen molar-refractivity contribution in [3.63, 3.8) is 0 Å². The number of methoxy groups -OCH3 is 2. The van der Waals surface area contributed by atoms with Crippen LogP contribution in [0.1, 0.15) is 23.3 Å². The average molecular weight is 362 g/mol. The zero-order valence-electron chi connectivity index (χ0n) is 15.2. The highest BCUT2D eigenvalue weighted by Gasteiger charge is 2.35. The molecule has 7 nitrogen and oxygen atoms in total. The van der Waals surface area contributed by atoms with Crippen LogP contribution in [0.25, 0.3) is 10.9 Å². The van der Waals surface area contributed by atoms with Gasteiger partial charge in [-0.1, -0.05) is 0 Å². The first kappa shape index (κ1) is 18.5. The lowest BCUT2D eigenvalue weighted by molar-refractivity contribution is 0.0776. The SMILES string of the molecule is COc1cc2cc(C(=O)N3C[C@@H](CCO)[C@@H](CCO)C3)[nH]c2cc1OC. The Morgan fingerprint density at radius 3 is 2.19 bits per heavy atom. The van der Waals surface area contributed by atoms with E-state index < -0.39 is 0 Å². The van der Waals surface area contributed by atoms with Gasteiger partial charge in [0.15, 0.2) is 11.5 Å². The number of rotatable bonds is 7. The van der Waals surface area contributed by atoms with E-state index in [-0.39, 0.29) is 31.0 Å². The Labute approximate surface area is 152 Å². The highest BCUT2D eigenvalue weighted by molar-refractivity contribution is 5.98. The fourth-order valence-electron chi connectivity index (χ4n) is 3.83. The van der Waals surface area contributed by atoms with Gasteiger partial charge in [0.25, 0.3) is 5.91 Å². The highest BCUT2D eigenvalue weighted by atomic mass is 16.5. The molecule has 0 saturated carbocycles. The molecule has 1 fully saturated rings. The Morgan fingerprint density at radius 2 is 1.65 bits per heavy atom. The van der Waals surface area contributed by atoms with Crippen LogP contribution in [-0.2, 0) is 0 Å². The molecular formula is C19H26N2O5. The molecule has 0 aliphatic carbocycles. The zero-order valence-corrected chi connectivity index (χ0v) is 15.2. The van der Waals surface area contributed by atoms with Gasteiger partial charge < -0.3 is 29.6 Å². The number of carbonyl (C=O) groups excluding carboxylic acids is 1. The third kappa shape index (κ3) is 3.50. The van der Waals surface area contributed by atoms with Gasteiger partial charge >= 0.3 is 0 Å². The lowest BCUT2D eigenvalue weighted by atomic mass is 9.91. The van der Waals surface area contributed by atoms with Gasteiger partial charge in [0, 0.05) is 43.3 Å². The molecule has 0 bridgehead atoms. The first-order chi connectivity index (χ1) is 12.6. The number of nitrogens with zero attached hydrogens (tertiary/aromatic N) is 1. The Morgan fingerprint density at radius 1 is 1.08 bits per heavy atom. The Bertz CT molecular complexity index is 718. The molecule has 2 heterocycles. The summed E-state index contributed by atoms with van der Waals surface area (Å²) < 4.78 is 10.6. The first-order valence-corrected chi connectivity index (χ1v) is 8.87. The maximum absolute atomic E-state index is 12.9. The van der Waals surface area contributed by atoms with E-state index in [9.17, 15) is 15.0 Å². The van der Waals surface area contributed by atoms with Crippen molar-refractivity contribution < 1.29 is 24.5 Å². The largest absolute Gasteiger partial charge is 0.493 e. The van der Waals surface area contributed by atoms with E-state index in [0.29, 0.717) is 43.1 Å². The summed E-state index contributed by atoms with van der Waals surface area (Å²) in [6.07, 6.45) is 1.30. The molecular weight excluding hydrogens is 336 g/mol. The molecule has 1 aromatic heterocycles. The average Bonchev–Trinajstić information content (AvgIpc) is 3.24. The molecule has 1 aliphatic rings. The highest BCUT2D eigenvalue weighted by Crippen LogP contribution is 2.33. The van der Waals surface area contributed by atoms with E-state index in [0.717, 1.165) is 10.9 Å². The van der Waals surface area contributed by atoms with Crippen molar-refractivity contribution in [2.45, 2.75) is 12.8 Å². The van der Waals surface area contributed by atoms with E-state index >= 15 is 0 Å². The standard InChI is InChI=1S/C19H26N2O5/c1-25-17-8-14-7-16(20-15(14)9-18(17)26-2)19(24)21-10-12(3-5-22)13(11-21)4-6-23/h7-9,12-13,20,22-23H,3-6,10-11H2,1-2H3/t12-,13+. The molecule has 142 valence electrons. The summed E-state index contributed by atoms with van der Waals surface area (Å²) in [5.74, 6) is 1.60. The van der Waals surface area contributed by atoms with Gasteiger partial charge in [-0.05, 0) is 36.8 Å². The van der Waals surface area contributed by atoms with Crippen molar-refractivity contribution in [1.29, 1.82) is 0 Å². The molecule has 3 N–H and O–H groups in total. The number of benzene rings is 1. The number of nitrogens with one attached hydrogen (secondary N) is 1. The molecule has 3 rings (SSSR count). The molecule has 26 heavy (non-hydrogen) atoms. The Hall–Kier alpha value is -2.25. The number of aromatic nitrogens is 1.